The number of ether oxygens (including phenoxy) is 1. The third kappa shape index (κ3) is 5.58. The molecule has 162 valence electrons. The molecule has 0 saturated heterocycles. The largest absolute Gasteiger partial charge is 0.379 e. The lowest BCUT2D eigenvalue weighted by Crippen LogP contribution is -2.35. The summed E-state index contributed by atoms with van der Waals surface area (Å²) in [5.41, 5.74) is 0.404. The summed E-state index contributed by atoms with van der Waals surface area (Å²) in [4.78, 5) is 49.1. The topological polar surface area (TPSA) is 142 Å². The number of anilines is 1. The number of ketones is 2. The minimum atomic E-state index is -0.556. The van der Waals surface area contributed by atoms with Crippen LogP contribution >= 0.6 is 11.8 Å². The standard InChI is InChI=1S/C20H21N5O5S/c1-21-20(29)22-7-8-30-9-10-31-14-11-13(26)16-15(18(14)27)17(25-24-16)19(28)23-12-5-3-2-4-6-12/h2-6,11H,7-10H2,1H3,(H,23,28)(H,24,25)(H2,21,22,29). The Kier molecular flexibility index (Phi) is 7.57. The maximum atomic E-state index is 12.9. The van der Waals surface area contributed by atoms with E-state index in [1.165, 1.54) is 13.1 Å². The molecule has 3 amide bonds. The van der Waals surface area contributed by atoms with Crippen LogP contribution in [0.1, 0.15) is 31.3 Å². The molecule has 0 fully saturated rings. The summed E-state index contributed by atoms with van der Waals surface area (Å²) in [6.07, 6.45) is 1.22. The summed E-state index contributed by atoms with van der Waals surface area (Å²) in [5.74, 6) is -1.02. The van der Waals surface area contributed by atoms with Crippen LogP contribution in [-0.4, -0.2) is 66.3 Å². The quantitative estimate of drug-likeness (QED) is 0.431. The number of amides is 3. The summed E-state index contributed by atoms with van der Waals surface area (Å²) in [7, 11) is 1.52. The van der Waals surface area contributed by atoms with Gasteiger partial charge in [-0.1, -0.05) is 18.2 Å². The van der Waals surface area contributed by atoms with E-state index < -0.39 is 17.5 Å². The minimum absolute atomic E-state index is 0.0286. The highest BCUT2D eigenvalue weighted by Crippen LogP contribution is 2.29. The van der Waals surface area contributed by atoms with Crippen LogP contribution in [0, 0.1) is 0 Å². The summed E-state index contributed by atoms with van der Waals surface area (Å²) >= 11 is 1.16. The first kappa shape index (κ1) is 22.2. The first-order chi connectivity index (χ1) is 15.0. The number of carbonyl (C=O) groups excluding carboxylic acids is 4. The van der Waals surface area contributed by atoms with E-state index in [0.717, 1.165) is 11.8 Å². The van der Waals surface area contributed by atoms with Crippen molar-refractivity contribution in [2.75, 3.05) is 37.9 Å². The van der Waals surface area contributed by atoms with Gasteiger partial charge >= 0.3 is 6.03 Å². The zero-order chi connectivity index (χ0) is 22.2. The van der Waals surface area contributed by atoms with Gasteiger partial charge in [0, 0.05) is 31.1 Å². The molecule has 1 aliphatic rings. The summed E-state index contributed by atoms with van der Waals surface area (Å²) in [5, 5.41) is 14.1. The molecule has 4 N–H and O–H groups in total. The van der Waals surface area contributed by atoms with E-state index >= 15 is 0 Å². The number of hydrogen-bond acceptors (Lipinski definition) is 7. The SMILES string of the molecule is CNC(=O)NCCOCCSC1=CC(=O)c2n[nH]c(C(=O)Nc3ccccc3)c2C1=O. The number of aromatic amines is 1. The summed E-state index contributed by atoms with van der Waals surface area (Å²) < 4.78 is 5.40. The molecular formula is C20H21N5O5S. The van der Waals surface area contributed by atoms with Crippen LogP contribution < -0.4 is 16.0 Å². The van der Waals surface area contributed by atoms with E-state index in [2.05, 4.69) is 26.1 Å². The van der Waals surface area contributed by atoms with Gasteiger partial charge in [-0.2, -0.15) is 5.10 Å². The van der Waals surface area contributed by atoms with Crippen molar-refractivity contribution in [3.63, 3.8) is 0 Å². The molecule has 3 rings (SSSR count). The van der Waals surface area contributed by atoms with Gasteiger partial charge in [-0.05, 0) is 12.1 Å². The van der Waals surface area contributed by atoms with Crippen LogP contribution in [-0.2, 0) is 4.74 Å². The van der Waals surface area contributed by atoms with Gasteiger partial charge in [-0.3, -0.25) is 19.5 Å². The number of aromatic nitrogens is 2. The van der Waals surface area contributed by atoms with Crippen molar-refractivity contribution in [1.82, 2.24) is 20.8 Å². The lowest BCUT2D eigenvalue weighted by Gasteiger charge is -2.12. The molecule has 1 heterocycles. The molecule has 0 spiro atoms. The number of fused-ring (bicyclic) bond motifs is 1. The van der Waals surface area contributed by atoms with E-state index in [4.69, 9.17) is 4.74 Å². The smallest absolute Gasteiger partial charge is 0.314 e. The predicted molar refractivity (Wildman–Crippen MR) is 115 cm³/mol. The van der Waals surface area contributed by atoms with Crippen molar-refractivity contribution in [2.24, 2.45) is 0 Å². The maximum Gasteiger partial charge on any atom is 0.314 e. The fraction of sp³-hybridized carbons (Fsp3) is 0.250. The second kappa shape index (κ2) is 10.5. The summed E-state index contributed by atoms with van der Waals surface area (Å²) in [6.45, 7) is 0.983. The van der Waals surface area contributed by atoms with Crippen molar-refractivity contribution < 1.29 is 23.9 Å². The number of H-pyrrole nitrogens is 1. The van der Waals surface area contributed by atoms with Gasteiger partial charge in [0.15, 0.2) is 0 Å². The lowest BCUT2D eigenvalue weighted by molar-refractivity contribution is 0.0978. The Hall–Kier alpha value is -3.44. The minimum Gasteiger partial charge on any atom is -0.379 e. The third-order valence-electron chi connectivity index (χ3n) is 4.22. The Morgan fingerprint density at radius 1 is 1.16 bits per heavy atom. The average molecular weight is 443 g/mol. The molecule has 0 radical (unpaired) electrons. The highest BCUT2D eigenvalue weighted by atomic mass is 32.2. The van der Waals surface area contributed by atoms with E-state index in [1.807, 2.05) is 6.07 Å². The molecule has 0 bridgehead atoms. The Balaban J connectivity index is 1.57. The van der Waals surface area contributed by atoms with Gasteiger partial charge in [-0.15, -0.1) is 11.8 Å². The van der Waals surface area contributed by atoms with Gasteiger partial charge < -0.3 is 20.7 Å². The van der Waals surface area contributed by atoms with E-state index in [9.17, 15) is 19.2 Å². The number of carbonyl (C=O) groups is 4. The molecule has 1 aromatic heterocycles. The van der Waals surface area contributed by atoms with Crippen LogP contribution in [0.5, 0.6) is 0 Å². The molecule has 0 atom stereocenters. The van der Waals surface area contributed by atoms with Crippen LogP contribution in [0.3, 0.4) is 0 Å². The van der Waals surface area contributed by atoms with Crippen LogP contribution in [0.15, 0.2) is 41.3 Å². The number of benzene rings is 1. The second-order valence-corrected chi connectivity index (χ2v) is 7.45. The van der Waals surface area contributed by atoms with Crippen molar-refractivity contribution in [3.05, 3.63) is 58.3 Å². The number of nitrogens with one attached hydrogen (secondary N) is 4. The molecule has 0 saturated carbocycles. The Morgan fingerprint density at radius 2 is 1.94 bits per heavy atom. The highest BCUT2D eigenvalue weighted by Gasteiger charge is 2.33. The maximum absolute atomic E-state index is 12.9. The first-order valence-corrected chi connectivity index (χ1v) is 10.4. The van der Waals surface area contributed by atoms with Gasteiger partial charge in [0.05, 0.1) is 23.7 Å². The fourth-order valence-corrected chi connectivity index (χ4v) is 3.59. The van der Waals surface area contributed by atoms with Crippen molar-refractivity contribution in [2.45, 2.75) is 0 Å². The molecule has 0 aliphatic heterocycles. The van der Waals surface area contributed by atoms with E-state index in [-0.39, 0.29) is 27.9 Å². The zero-order valence-corrected chi connectivity index (χ0v) is 17.5. The number of para-hydroxylation sites is 1. The normalized spacial score (nSPS) is 12.7. The molecule has 11 heteroatoms. The van der Waals surface area contributed by atoms with Crippen LogP contribution in [0.4, 0.5) is 10.5 Å². The van der Waals surface area contributed by atoms with E-state index in [0.29, 0.717) is 31.2 Å². The van der Waals surface area contributed by atoms with Crippen molar-refractivity contribution in [3.8, 4) is 0 Å². The molecule has 2 aromatic rings. The van der Waals surface area contributed by atoms with Gasteiger partial charge in [0.1, 0.15) is 11.4 Å². The number of Topliss-reactive ketones (excluding diaryl/α,β-unsaturated/α-hetero) is 1. The summed E-state index contributed by atoms with van der Waals surface area (Å²) in [6, 6.07) is 8.46. The molecule has 1 aromatic carbocycles. The fourth-order valence-electron chi connectivity index (χ4n) is 2.74. The number of urea groups is 1. The molecule has 0 unspecified atom stereocenters. The number of rotatable bonds is 9. The molecule has 10 nitrogen and oxygen atoms in total. The number of nitrogens with zero attached hydrogens (tertiary/aromatic N) is 1. The third-order valence-corrected chi connectivity index (χ3v) is 5.20. The van der Waals surface area contributed by atoms with Crippen LogP contribution in [0.25, 0.3) is 0 Å². The lowest BCUT2D eigenvalue weighted by atomic mass is 9.99. The number of allylic oxidation sites excluding steroid dienone is 2. The average Bonchev–Trinajstić information content (AvgIpc) is 3.23. The molecule has 31 heavy (non-hydrogen) atoms. The second-order valence-electron chi connectivity index (χ2n) is 6.31. The van der Waals surface area contributed by atoms with Crippen LogP contribution in [0.2, 0.25) is 0 Å². The first-order valence-electron chi connectivity index (χ1n) is 9.43. The van der Waals surface area contributed by atoms with Gasteiger partial charge in [0.2, 0.25) is 11.6 Å². The zero-order valence-electron chi connectivity index (χ0n) is 16.7. The monoisotopic (exact) mass is 443 g/mol. The van der Waals surface area contributed by atoms with Crippen molar-refractivity contribution >= 4 is 41.0 Å². The van der Waals surface area contributed by atoms with Crippen molar-refractivity contribution in [1.29, 1.82) is 0 Å². The Bertz CT molecular complexity index is 1020. The Morgan fingerprint density at radius 3 is 2.68 bits per heavy atom. The van der Waals surface area contributed by atoms with Gasteiger partial charge in [0.25, 0.3) is 5.91 Å². The molecule has 1 aliphatic carbocycles. The highest BCUT2D eigenvalue weighted by molar-refractivity contribution is 8.04. The number of thioether (sulfide) groups is 1. The number of hydrogen-bond donors (Lipinski definition) is 4. The predicted octanol–water partition coefficient (Wildman–Crippen LogP) is 1.60. The van der Waals surface area contributed by atoms with E-state index in [1.54, 1.807) is 24.3 Å². The molecular weight excluding hydrogens is 422 g/mol. The Labute approximate surface area is 182 Å². The van der Waals surface area contributed by atoms with Gasteiger partial charge in [-0.25, -0.2) is 4.79 Å².